The van der Waals surface area contributed by atoms with Crippen LogP contribution in [0.1, 0.15) is 40.5 Å². The standard InChI is InChI=1S/C15H17N3O2/c1-18-14-4-2-3-13(12(14)9-16-18)17-11-7-5-10(6-8-11)15(19)20/h5-9,13,17H,2-4H2,1H3,(H,19,20). The maximum absolute atomic E-state index is 10.8. The van der Waals surface area contributed by atoms with E-state index in [1.165, 1.54) is 11.3 Å². The molecule has 1 atom stereocenters. The van der Waals surface area contributed by atoms with E-state index in [-0.39, 0.29) is 6.04 Å². The summed E-state index contributed by atoms with van der Waals surface area (Å²) in [6.45, 7) is 0. The summed E-state index contributed by atoms with van der Waals surface area (Å²) in [6.07, 6.45) is 5.20. The van der Waals surface area contributed by atoms with Gasteiger partial charge in [-0.15, -0.1) is 0 Å². The van der Waals surface area contributed by atoms with Crippen molar-refractivity contribution in [1.82, 2.24) is 9.78 Å². The molecule has 20 heavy (non-hydrogen) atoms. The van der Waals surface area contributed by atoms with Crippen LogP contribution < -0.4 is 5.32 Å². The van der Waals surface area contributed by atoms with Crippen molar-refractivity contribution < 1.29 is 9.90 Å². The molecule has 0 spiro atoms. The van der Waals surface area contributed by atoms with Crippen LogP contribution >= 0.6 is 0 Å². The van der Waals surface area contributed by atoms with Crippen molar-refractivity contribution >= 4 is 11.7 Å². The van der Waals surface area contributed by atoms with Crippen molar-refractivity contribution in [2.45, 2.75) is 25.3 Å². The number of benzene rings is 1. The Kier molecular flexibility index (Phi) is 3.18. The normalized spacial score (nSPS) is 17.6. The molecular formula is C15H17N3O2. The number of carbonyl (C=O) groups is 1. The van der Waals surface area contributed by atoms with Gasteiger partial charge in [0.25, 0.3) is 0 Å². The molecule has 5 heteroatoms. The Bertz CT molecular complexity index is 631. The summed E-state index contributed by atoms with van der Waals surface area (Å²) in [6, 6.07) is 7.13. The number of carboxylic acids is 1. The van der Waals surface area contributed by atoms with Gasteiger partial charge in [-0.2, -0.15) is 5.10 Å². The zero-order chi connectivity index (χ0) is 14.1. The highest BCUT2D eigenvalue weighted by atomic mass is 16.4. The second-order valence-electron chi connectivity index (χ2n) is 5.14. The molecule has 0 amide bonds. The Morgan fingerprint density at radius 2 is 2.15 bits per heavy atom. The molecule has 0 saturated carbocycles. The average molecular weight is 271 g/mol. The summed E-state index contributed by atoms with van der Waals surface area (Å²) in [5, 5.41) is 16.7. The van der Waals surface area contributed by atoms with Crippen molar-refractivity contribution in [3.63, 3.8) is 0 Å². The van der Waals surface area contributed by atoms with Crippen LogP contribution in [0.25, 0.3) is 0 Å². The number of rotatable bonds is 3. The Balaban J connectivity index is 1.80. The number of hydrogen-bond acceptors (Lipinski definition) is 3. The van der Waals surface area contributed by atoms with E-state index in [0.717, 1.165) is 24.9 Å². The fourth-order valence-electron chi connectivity index (χ4n) is 2.77. The van der Waals surface area contributed by atoms with E-state index in [0.29, 0.717) is 5.56 Å². The first-order valence-electron chi connectivity index (χ1n) is 6.76. The number of aromatic nitrogens is 2. The van der Waals surface area contributed by atoms with Crippen LogP contribution in [0.2, 0.25) is 0 Å². The van der Waals surface area contributed by atoms with E-state index >= 15 is 0 Å². The van der Waals surface area contributed by atoms with Crippen LogP contribution in [0.15, 0.2) is 30.5 Å². The second kappa shape index (κ2) is 5.00. The van der Waals surface area contributed by atoms with Crippen LogP contribution in [-0.4, -0.2) is 20.9 Å². The molecule has 2 N–H and O–H groups in total. The predicted octanol–water partition coefficient (Wildman–Crippen LogP) is 2.61. The maximum Gasteiger partial charge on any atom is 0.335 e. The van der Waals surface area contributed by atoms with Gasteiger partial charge in [-0.1, -0.05) is 0 Å². The minimum absolute atomic E-state index is 0.253. The SMILES string of the molecule is Cn1ncc2c1CCCC2Nc1ccc(C(=O)O)cc1. The number of carboxylic acid groups (broad SMARTS) is 1. The van der Waals surface area contributed by atoms with Gasteiger partial charge >= 0.3 is 5.97 Å². The van der Waals surface area contributed by atoms with Gasteiger partial charge in [0.1, 0.15) is 0 Å². The van der Waals surface area contributed by atoms with Gasteiger partial charge in [-0.05, 0) is 43.5 Å². The molecule has 1 unspecified atom stereocenters. The first kappa shape index (κ1) is 12.7. The highest BCUT2D eigenvalue weighted by molar-refractivity contribution is 5.88. The van der Waals surface area contributed by atoms with Gasteiger partial charge in [0.05, 0.1) is 17.8 Å². The minimum Gasteiger partial charge on any atom is -0.478 e. The third-order valence-electron chi connectivity index (χ3n) is 3.85. The lowest BCUT2D eigenvalue weighted by Crippen LogP contribution is -2.17. The number of nitrogens with one attached hydrogen (secondary N) is 1. The van der Waals surface area contributed by atoms with Crippen LogP contribution in [0.5, 0.6) is 0 Å². The molecule has 2 aromatic rings. The first-order valence-corrected chi connectivity index (χ1v) is 6.76. The molecule has 0 fully saturated rings. The Morgan fingerprint density at radius 3 is 2.85 bits per heavy atom. The molecule has 1 heterocycles. The maximum atomic E-state index is 10.8. The Morgan fingerprint density at radius 1 is 1.40 bits per heavy atom. The molecule has 1 aromatic heterocycles. The molecule has 1 aromatic carbocycles. The third kappa shape index (κ3) is 2.27. The van der Waals surface area contributed by atoms with E-state index in [9.17, 15) is 4.79 Å². The summed E-state index contributed by atoms with van der Waals surface area (Å²) in [4.78, 5) is 10.8. The second-order valence-corrected chi connectivity index (χ2v) is 5.14. The van der Waals surface area contributed by atoms with Crippen molar-refractivity contribution in [3.05, 3.63) is 47.3 Å². The molecule has 0 aliphatic heterocycles. The van der Waals surface area contributed by atoms with Crippen molar-refractivity contribution in [2.24, 2.45) is 7.05 Å². The quantitative estimate of drug-likeness (QED) is 0.900. The summed E-state index contributed by atoms with van der Waals surface area (Å²) in [5.74, 6) is -0.899. The summed E-state index contributed by atoms with van der Waals surface area (Å²) in [7, 11) is 1.98. The lowest BCUT2D eigenvalue weighted by Gasteiger charge is -2.24. The average Bonchev–Trinajstić information content (AvgIpc) is 2.82. The van der Waals surface area contributed by atoms with E-state index in [2.05, 4.69) is 10.4 Å². The third-order valence-corrected chi connectivity index (χ3v) is 3.85. The lowest BCUT2D eigenvalue weighted by atomic mass is 9.93. The van der Waals surface area contributed by atoms with Gasteiger partial charge in [0.15, 0.2) is 0 Å². The number of aromatic carboxylic acids is 1. The van der Waals surface area contributed by atoms with E-state index < -0.39 is 5.97 Å². The van der Waals surface area contributed by atoms with Crippen LogP contribution in [-0.2, 0) is 13.5 Å². The highest BCUT2D eigenvalue weighted by Gasteiger charge is 2.23. The van der Waals surface area contributed by atoms with Gasteiger partial charge in [-0.25, -0.2) is 4.79 Å². The van der Waals surface area contributed by atoms with Gasteiger partial charge < -0.3 is 10.4 Å². The molecule has 0 radical (unpaired) electrons. The van der Waals surface area contributed by atoms with Crippen LogP contribution in [0, 0.1) is 0 Å². The predicted molar refractivity (Wildman–Crippen MR) is 75.9 cm³/mol. The molecular weight excluding hydrogens is 254 g/mol. The number of nitrogens with zero attached hydrogens (tertiary/aromatic N) is 2. The number of anilines is 1. The van der Waals surface area contributed by atoms with Gasteiger partial charge in [-0.3, -0.25) is 4.68 Å². The molecule has 1 aliphatic carbocycles. The van der Waals surface area contributed by atoms with Crippen molar-refractivity contribution in [1.29, 1.82) is 0 Å². The number of aryl methyl sites for hydroxylation is 1. The van der Waals surface area contributed by atoms with Gasteiger partial charge in [0.2, 0.25) is 0 Å². The smallest absolute Gasteiger partial charge is 0.335 e. The summed E-state index contributed by atoms with van der Waals surface area (Å²) < 4.78 is 1.94. The minimum atomic E-state index is -0.899. The molecule has 104 valence electrons. The zero-order valence-electron chi connectivity index (χ0n) is 11.3. The summed E-state index contributed by atoms with van der Waals surface area (Å²) >= 11 is 0. The van der Waals surface area contributed by atoms with E-state index in [1.54, 1.807) is 12.1 Å². The molecule has 3 rings (SSSR count). The lowest BCUT2D eigenvalue weighted by molar-refractivity contribution is 0.0697. The van der Waals surface area contributed by atoms with E-state index in [4.69, 9.17) is 5.11 Å². The largest absolute Gasteiger partial charge is 0.478 e. The summed E-state index contributed by atoms with van der Waals surface area (Å²) in [5.41, 5.74) is 3.79. The van der Waals surface area contributed by atoms with Gasteiger partial charge in [0, 0.05) is 24.0 Å². The van der Waals surface area contributed by atoms with Crippen molar-refractivity contribution in [2.75, 3.05) is 5.32 Å². The fraction of sp³-hybridized carbons (Fsp3) is 0.333. The van der Waals surface area contributed by atoms with E-state index in [1.807, 2.05) is 30.1 Å². The highest BCUT2D eigenvalue weighted by Crippen LogP contribution is 2.32. The Hall–Kier alpha value is -2.30. The molecule has 5 nitrogen and oxygen atoms in total. The zero-order valence-corrected chi connectivity index (χ0v) is 11.3. The number of fused-ring (bicyclic) bond motifs is 1. The van der Waals surface area contributed by atoms with Crippen LogP contribution in [0.3, 0.4) is 0 Å². The fourth-order valence-corrected chi connectivity index (χ4v) is 2.77. The topological polar surface area (TPSA) is 67.2 Å². The molecule has 0 saturated heterocycles. The van der Waals surface area contributed by atoms with Crippen molar-refractivity contribution in [3.8, 4) is 0 Å². The molecule has 0 bridgehead atoms. The monoisotopic (exact) mass is 271 g/mol. The molecule has 1 aliphatic rings. The van der Waals surface area contributed by atoms with Crippen LogP contribution in [0.4, 0.5) is 5.69 Å². The number of hydrogen-bond donors (Lipinski definition) is 2. The first-order chi connectivity index (χ1) is 9.65. The Labute approximate surface area is 117 Å².